The second-order valence-corrected chi connectivity index (χ2v) is 6.08. The number of nitrogens with zero attached hydrogens (tertiary/aromatic N) is 3. The van der Waals surface area contributed by atoms with Crippen LogP contribution in [0, 0.1) is 0 Å². The lowest BCUT2D eigenvalue weighted by atomic mass is 10.3. The first-order valence-electron chi connectivity index (χ1n) is 7.28. The van der Waals surface area contributed by atoms with Crippen molar-refractivity contribution in [2.75, 3.05) is 11.9 Å². The quantitative estimate of drug-likeness (QED) is 0.736. The van der Waals surface area contributed by atoms with Crippen molar-refractivity contribution in [2.45, 2.75) is 6.92 Å². The van der Waals surface area contributed by atoms with Gasteiger partial charge in [-0.2, -0.15) is 4.68 Å². The van der Waals surface area contributed by atoms with E-state index in [1.165, 1.54) is 6.07 Å². The Kier molecular flexibility index (Phi) is 4.28. The molecule has 0 radical (unpaired) electrons. The van der Waals surface area contributed by atoms with Gasteiger partial charge in [0.1, 0.15) is 15.4 Å². The van der Waals surface area contributed by atoms with Crippen molar-refractivity contribution in [3.63, 3.8) is 0 Å². The second-order valence-electron chi connectivity index (χ2n) is 5.05. The number of ether oxygens (including phenoxy) is 1. The van der Waals surface area contributed by atoms with E-state index in [1.807, 2.05) is 0 Å². The number of hydrogen-bond acceptors (Lipinski definition) is 6. The van der Waals surface area contributed by atoms with Crippen molar-refractivity contribution in [3.05, 3.63) is 35.0 Å². The molecular weight excluding hydrogens is 348 g/mol. The number of carbonyl (C=O) groups excluding carboxylic acids is 2. The molecule has 3 aromatic rings. The Morgan fingerprint density at radius 1 is 1.40 bits per heavy atom. The summed E-state index contributed by atoms with van der Waals surface area (Å²) in [5, 5.41) is 16.2. The van der Waals surface area contributed by atoms with E-state index in [0.29, 0.717) is 11.1 Å². The van der Waals surface area contributed by atoms with Crippen LogP contribution >= 0.6 is 11.3 Å². The normalized spacial score (nSPS) is 10.8. The highest BCUT2D eigenvalue weighted by atomic mass is 32.1. The van der Waals surface area contributed by atoms with Crippen LogP contribution in [0.1, 0.15) is 27.1 Å². The first-order chi connectivity index (χ1) is 11.9. The summed E-state index contributed by atoms with van der Waals surface area (Å²) in [5.74, 6) is -1.46. The molecule has 3 rings (SSSR count). The molecule has 3 aromatic heterocycles. The molecule has 9 nitrogen and oxygen atoms in total. The molecule has 0 aliphatic rings. The Hall–Kier alpha value is -3.14. The van der Waals surface area contributed by atoms with E-state index in [2.05, 4.69) is 10.4 Å². The number of carboxylic acids is 1. The number of anilines is 1. The average Bonchev–Trinajstić information content (AvgIpc) is 3.23. The molecule has 0 fully saturated rings. The number of aromatic carboxylic acids is 1. The first kappa shape index (κ1) is 16.7. The zero-order valence-electron chi connectivity index (χ0n) is 13.3. The lowest BCUT2D eigenvalue weighted by Gasteiger charge is -2.04. The van der Waals surface area contributed by atoms with E-state index in [-0.39, 0.29) is 22.1 Å². The molecule has 0 spiro atoms. The van der Waals surface area contributed by atoms with Crippen molar-refractivity contribution in [1.82, 2.24) is 14.3 Å². The minimum Gasteiger partial charge on any atom is -0.477 e. The van der Waals surface area contributed by atoms with Gasteiger partial charge in [-0.15, -0.1) is 16.4 Å². The topological polar surface area (TPSA) is 115 Å². The molecule has 0 bridgehead atoms. The van der Waals surface area contributed by atoms with Gasteiger partial charge in [0, 0.05) is 13.2 Å². The van der Waals surface area contributed by atoms with Gasteiger partial charge in [-0.05, 0) is 25.1 Å². The maximum atomic E-state index is 12.4. The maximum absolute atomic E-state index is 12.4. The molecule has 0 aliphatic heterocycles. The lowest BCUT2D eigenvalue weighted by molar-refractivity contribution is 0.0702. The number of amides is 1. The Labute approximate surface area is 145 Å². The average molecular weight is 362 g/mol. The van der Waals surface area contributed by atoms with Crippen LogP contribution in [0.25, 0.3) is 10.2 Å². The van der Waals surface area contributed by atoms with Gasteiger partial charge in [-0.25, -0.2) is 9.59 Å². The highest BCUT2D eigenvalue weighted by molar-refractivity contribution is 7.20. The summed E-state index contributed by atoms with van der Waals surface area (Å²) in [6.45, 7) is 1.79. The van der Waals surface area contributed by atoms with Gasteiger partial charge in [0.05, 0.1) is 12.0 Å². The van der Waals surface area contributed by atoms with Crippen LogP contribution < -0.4 is 5.32 Å². The SMILES string of the molecule is CCOC(=O)n1nc(NC(=O)c2cccn2C)c2cc(C(=O)O)sc21. The van der Waals surface area contributed by atoms with Gasteiger partial charge in [0.2, 0.25) is 0 Å². The summed E-state index contributed by atoms with van der Waals surface area (Å²) in [6, 6.07) is 4.71. The zero-order valence-corrected chi connectivity index (χ0v) is 14.2. The number of hydrogen-bond donors (Lipinski definition) is 2. The van der Waals surface area contributed by atoms with Crippen molar-refractivity contribution in [3.8, 4) is 0 Å². The first-order valence-corrected chi connectivity index (χ1v) is 8.09. The van der Waals surface area contributed by atoms with Crippen LogP contribution in [-0.2, 0) is 11.8 Å². The van der Waals surface area contributed by atoms with Crippen LogP contribution in [0.2, 0.25) is 0 Å². The molecule has 0 atom stereocenters. The zero-order chi connectivity index (χ0) is 18.1. The third kappa shape index (κ3) is 2.98. The molecule has 25 heavy (non-hydrogen) atoms. The van der Waals surface area contributed by atoms with Gasteiger partial charge in [-0.3, -0.25) is 4.79 Å². The molecular formula is C15H14N4O5S. The summed E-state index contributed by atoms with van der Waals surface area (Å²) in [5.41, 5.74) is 0.396. The smallest absolute Gasteiger partial charge is 0.436 e. The number of fused-ring (bicyclic) bond motifs is 1. The van der Waals surface area contributed by atoms with Crippen LogP contribution in [0.3, 0.4) is 0 Å². The maximum Gasteiger partial charge on any atom is 0.436 e. The molecule has 3 heterocycles. The second kappa shape index (κ2) is 6.40. The molecule has 0 saturated carbocycles. The van der Waals surface area contributed by atoms with Gasteiger partial charge in [0.25, 0.3) is 5.91 Å². The van der Waals surface area contributed by atoms with Gasteiger partial charge < -0.3 is 19.7 Å². The summed E-state index contributed by atoms with van der Waals surface area (Å²) in [7, 11) is 1.72. The molecule has 10 heteroatoms. The summed E-state index contributed by atoms with van der Waals surface area (Å²) in [6.07, 6.45) is 0.972. The van der Waals surface area contributed by atoms with Crippen molar-refractivity contribution in [2.24, 2.45) is 7.05 Å². The van der Waals surface area contributed by atoms with E-state index in [0.717, 1.165) is 16.0 Å². The Bertz CT molecular complexity index is 984. The third-order valence-electron chi connectivity index (χ3n) is 3.42. The highest BCUT2D eigenvalue weighted by Crippen LogP contribution is 2.32. The molecule has 0 aromatic carbocycles. The monoisotopic (exact) mass is 362 g/mol. The Morgan fingerprint density at radius 2 is 2.16 bits per heavy atom. The number of rotatable bonds is 4. The van der Waals surface area contributed by atoms with E-state index in [4.69, 9.17) is 4.74 Å². The van der Waals surface area contributed by atoms with E-state index >= 15 is 0 Å². The molecule has 130 valence electrons. The fourth-order valence-corrected chi connectivity index (χ4v) is 3.22. The number of aryl methyl sites for hydroxylation is 1. The van der Waals surface area contributed by atoms with Crippen LogP contribution in [-0.4, -0.2) is 44.0 Å². The molecule has 2 N–H and O–H groups in total. The molecule has 0 aliphatic carbocycles. The number of carbonyl (C=O) groups is 3. The number of aromatic nitrogens is 3. The van der Waals surface area contributed by atoms with Gasteiger partial charge >= 0.3 is 12.1 Å². The van der Waals surface area contributed by atoms with Crippen LogP contribution in [0.15, 0.2) is 24.4 Å². The van der Waals surface area contributed by atoms with E-state index in [1.54, 1.807) is 36.9 Å². The van der Waals surface area contributed by atoms with E-state index in [9.17, 15) is 19.5 Å². The fourth-order valence-electron chi connectivity index (χ4n) is 2.28. The molecule has 1 amide bonds. The minimum absolute atomic E-state index is 0.0276. The predicted molar refractivity (Wildman–Crippen MR) is 90.4 cm³/mol. The predicted octanol–water partition coefficient (Wildman–Crippen LogP) is 2.39. The Morgan fingerprint density at radius 3 is 2.76 bits per heavy atom. The third-order valence-corrected chi connectivity index (χ3v) is 4.52. The lowest BCUT2D eigenvalue weighted by Crippen LogP contribution is -2.18. The largest absolute Gasteiger partial charge is 0.477 e. The van der Waals surface area contributed by atoms with Crippen molar-refractivity contribution < 1.29 is 24.2 Å². The van der Waals surface area contributed by atoms with Crippen molar-refractivity contribution in [1.29, 1.82) is 0 Å². The summed E-state index contributed by atoms with van der Waals surface area (Å²) >= 11 is 0.878. The fraction of sp³-hybridized carbons (Fsp3) is 0.200. The number of nitrogens with one attached hydrogen (secondary N) is 1. The minimum atomic E-state index is -1.13. The van der Waals surface area contributed by atoms with Crippen LogP contribution in [0.4, 0.5) is 10.6 Å². The Balaban J connectivity index is 2.04. The van der Waals surface area contributed by atoms with Crippen molar-refractivity contribution >= 4 is 45.3 Å². The number of carboxylic acid groups (broad SMARTS) is 1. The van der Waals surface area contributed by atoms with Gasteiger partial charge in [-0.1, -0.05) is 0 Å². The standard InChI is InChI=1S/C15H14N4O5S/c1-3-24-15(23)19-13-8(7-10(25-13)14(21)22)11(17-19)16-12(20)9-5-4-6-18(9)2/h4-7H,3H2,1-2H3,(H,21,22)(H,16,17,20). The molecule has 0 saturated heterocycles. The number of thiophene rings is 1. The highest BCUT2D eigenvalue weighted by Gasteiger charge is 2.23. The van der Waals surface area contributed by atoms with Gasteiger partial charge in [0.15, 0.2) is 5.82 Å². The molecule has 0 unspecified atom stereocenters. The summed E-state index contributed by atoms with van der Waals surface area (Å²) < 4.78 is 7.50. The van der Waals surface area contributed by atoms with E-state index < -0.39 is 18.0 Å². The summed E-state index contributed by atoms with van der Waals surface area (Å²) in [4.78, 5) is 35.9. The van der Waals surface area contributed by atoms with Crippen LogP contribution in [0.5, 0.6) is 0 Å².